The van der Waals surface area contributed by atoms with E-state index < -0.39 is 11.9 Å². The zero-order valence-electron chi connectivity index (χ0n) is 17.6. The summed E-state index contributed by atoms with van der Waals surface area (Å²) >= 11 is 1.54. The number of nitriles is 1. The monoisotopic (exact) mass is 433 g/mol. The number of rotatable bonds is 7. The maximum atomic E-state index is 12.7. The van der Waals surface area contributed by atoms with Crippen molar-refractivity contribution in [1.82, 2.24) is 20.2 Å². The van der Waals surface area contributed by atoms with Gasteiger partial charge in [-0.2, -0.15) is 5.26 Å². The van der Waals surface area contributed by atoms with Crippen molar-refractivity contribution in [2.45, 2.75) is 26.3 Å². The lowest BCUT2D eigenvalue weighted by molar-refractivity contribution is -0.129. The van der Waals surface area contributed by atoms with Crippen LogP contribution in [0.3, 0.4) is 0 Å². The summed E-state index contributed by atoms with van der Waals surface area (Å²) in [6.45, 7) is 3.92. The number of carbonyl (C=O) groups is 2. The van der Waals surface area contributed by atoms with Gasteiger partial charge in [-0.3, -0.25) is 19.5 Å². The Kier molecular flexibility index (Phi) is 7.11. The number of hydrogen-bond donors (Lipinski definition) is 1. The van der Waals surface area contributed by atoms with Crippen molar-refractivity contribution in [3.05, 3.63) is 59.7 Å². The van der Waals surface area contributed by atoms with Crippen molar-refractivity contribution in [1.29, 1.82) is 5.26 Å². The molecule has 31 heavy (non-hydrogen) atoms. The van der Waals surface area contributed by atoms with E-state index in [9.17, 15) is 9.59 Å². The normalized spacial score (nSPS) is 11.6. The number of pyridine rings is 1. The number of nitrogens with zero attached hydrogens (tertiary/aromatic N) is 4. The molecular formula is C23H23N5O2S. The van der Waals surface area contributed by atoms with Crippen molar-refractivity contribution in [2.75, 3.05) is 7.05 Å². The topological polar surface area (TPSA) is 99.0 Å². The second-order valence-corrected chi connectivity index (χ2v) is 8.36. The van der Waals surface area contributed by atoms with Crippen LogP contribution in [0.25, 0.3) is 21.8 Å². The van der Waals surface area contributed by atoms with Crippen molar-refractivity contribution >= 4 is 23.2 Å². The van der Waals surface area contributed by atoms with Crippen LogP contribution in [0.15, 0.2) is 54.2 Å². The standard InChI is InChI=1S/C23H23N5O2S/c1-15(2)12-19(23(30)28(3)14-24)26-21(29)17-6-4-16(5-7-17)20-13-31-22(27-20)18-8-10-25-11-9-18/h4-11,13,15,19H,12H2,1-3H3,(H,26,29)/t19-/m0/s1. The lowest BCUT2D eigenvalue weighted by Crippen LogP contribution is -2.46. The molecule has 0 aliphatic heterocycles. The highest BCUT2D eigenvalue weighted by Gasteiger charge is 2.25. The number of carbonyl (C=O) groups excluding carboxylic acids is 2. The molecule has 0 aliphatic rings. The number of thiazole rings is 1. The lowest BCUT2D eigenvalue weighted by atomic mass is 10.0. The highest BCUT2D eigenvalue weighted by Crippen LogP contribution is 2.28. The first-order valence-corrected chi connectivity index (χ1v) is 10.7. The summed E-state index contributed by atoms with van der Waals surface area (Å²) in [5.41, 5.74) is 3.17. The van der Waals surface area contributed by atoms with Crippen LogP contribution in [0, 0.1) is 17.4 Å². The first-order valence-electron chi connectivity index (χ1n) is 9.83. The molecule has 2 amide bonds. The average molecular weight is 434 g/mol. The molecule has 1 aromatic carbocycles. The molecule has 0 saturated heterocycles. The predicted octanol–water partition coefficient (Wildman–Crippen LogP) is 3.96. The quantitative estimate of drug-likeness (QED) is 0.449. The third-order valence-electron chi connectivity index (χ3n) is 4.67. The minimum absolute atomic E-state index is 0.183. The molecule has 3 aromatic rings. The number of benzene rings is 1. The molecule has 7 nitrogen and oxygen atoms in total. The van der Waals surface area contributed by atoms with Gasteiger partial charge in [-0.25, -0.2) is 4.98 Å². The Balaban J connectivity index is 1.73. The van der Waals surface area contributed by atoms with Crippen LogP contribution in [0.1, 0.15) is 30.6 Å². The third-order valence-corrected chi connectivity index (χ3v) is 5.56. The van der Waals surface area contributed by atoms with Crippen LogP contribution < -0.4 is 5.32 Å². The summed E-state index contributed by atoms with van der Waals surface area (Å²) in [5, 5.41) is 14.6. The van der Waals surface area contributed by atoms with Crippen LogP contribution in [0.2, 0.25) is 0 Å². The van der Waals surface area contributed by atoms with E-state index in [4.69, 9.17) is 5.26 Å². The molecule has 8 heteroatoms. The van der Waals surface area contributed by atoms with Gasteiger partial charge < -0.3 is 5.32 Å². The number of aromatic nitrogens is 2. The molecule has 0 radical (unpaired) electrons. The highest BCUT2D eigenvalue weighted by molar-refractivity contribution is 7.13. The Morgan fingerprint density at radius 2 is 1.81 bits per heavy atom. The molecule has 1 N–H and O–H groups in total. The van der Waals surface area contributed by atoms with Gasteiger partial charge in [0.2, 0.25) is 0 Å². The van der Waals surface area contributed by atoms with Crippen LogP contribution >= 0.6 is 11.3 Å². The summed E-state index contributed by atoms with van der Waals surface area (Å²) < 4.78 is 0. The van der Waals surface area contributed by atoms with Crippen LogP contribution in [0.4, 0.5) is 0 Å². The van der Waals surface area contributed by atoms with E-state index in [-0.39, 0.29) is 11.8 Å². The Hall–Kier alpha value is -3.57. The van der Waals surface area contributed by atoms with E-state index in [1.807, 2.05) is 43.5 Å². The van der Waals surface area contributed by atoms with Crippen LogP contribution in [-0.2, 0) is 4.79 Å². The van der Waals surface area contributed by atoms with Crippen molar-refractivity contribution in [2.24, 2.45) is 5.92 Å². The second-order valence-electron chi connectivity index (χ2n) is 7.50. The van der Waals surface area contributed by atoms with E-state index in [2.05, 4.69) is 15.3 Å². The molecule has 1 atom stereocenters. The van der Waals surface area contributed by atoms with Gasteiger partial charge in [0.25, 0.3) is 11.8 Å². The lowest BCUT2D eigenvalue weighted by Gasteiger charge is -2.21. The number of likely N-dealkylation sites (N-methyl/N-ethyl adjacent to an activating group) is 1. The van der Waals surface area contributed by atoms with Gasteiger partial charge in [-0.05, 0) is 36.6 Å². The summed E-state index contributed by atoms with van der Waals surface area (Å²) in [6, 6.07) is 10.2. The number of hydrogen-bond acceptors (Lipinski definition) is 6. The Labute approximate surface area is 185 Å². The molecular weight excluding hydrogens is 410 g/mol. The summed E-state index contributed by atoms with van der Waals surface area (Å²) in [6.07, 6.45) is 5.71. The molecule has 0 spiro atoms. The van der Waals surface area contributed by atoms with Crippen LogP contribution in [0.5, 0.6) is 0 Å². The fourth-order valence-electron chi connectivity index (χ4n) is 3.04. The molecule has 0 fully saturated rings. The highest BCUT2D eigenvalue weighted by atomic mass is 32.1. The van der Waals surface area contributed by atoms with Gasteiger partial charge in [0.15, 0.2) is 6.19 Å². The molecule has 0 bridgehead atoms. The second kappa shape index (κ2) is 9.96. The van der Waals surface area contributed by atoms with Gasteiger partial charge in [-0.15, -0.1) is 11.3 Å². The molecule has 2 heterocycles. The smallest absolute Gasteiger partial charge is 0.257 e. The molecule has 0 aliphatic carbocycles. The summed E-state index contributed by atoms with van der Waals surface area (Å²) in [4.78, 5) is 34.8. The summed E-state index contributed by atoms with van der Waals surface area (Å²) in [5.74, 6) is -0.595. The fourth-order valence-corrected chi connectivity index (χ4v) is 3.88. The van der Waals surface area contributed by atoms with Gasteiger partial charge in [-0.1, -0.05) is 26.0 Å². The minimum Gasteiger partial charge on any atom is -0.340 e. The zero-order chi connectivity index (χ0) is 22.4. The van der Waals surface area contributed by atoms with E-state index in [0.29, 0.717) is 12.0 Å². The largest absolute Gasteiger partial charge is 0.340 e. The first-order chi connectivity index (χ1) is 14.9. The Bertz CT molecular complexity index is 1090. The van der Waals surface area contributed by atoms with Gasteiger partial charge in [0.05, 0.1) is 5.69 Å². The third kappa shape index (κ3) is 5.53. The van der Waals surface area contributed by atoms with E-state index in [1.54, 1.807) is 42.1 Å². The molecule has 0 saturated carbocycles. The van der Waals surface area contributed by atoms with Crippen molar-refractivity contribution in [3.8, 4) is 28.0 Å². The van der Waals surface area contributed by atoms with Crippen molar-refractivity contribution < 1.29 is 9.59 Å². The van der Waals surface area contributed by atoms with Gasteiger partial charge >= 0.3 is 0 Å². The molecule has 0 unspecified atom stereocenters. The fraction of sp³-hybridized carbons (Fsp3) is 0.261. The molecule has 158 valence electrons. The predicted molar refractivity (Wildman–Crippen MR) is 120 cm³/mol. The maximum absolute atomic E-state index is 12.7. The van der Waals surface area contributed by atoms with Gasteiger partial charge in [0.1, 0.15) is 11.0 Å². The average Bonchev–Trinajstić information content (AvgIpc) is 3.28. The van der Waals surface area contributed by atoms with Crippen molar-refractivity contribution in [3.63, 3.8) is 0 Å². The SMILES string of the molecule is CC(C)C[C@H](NC(=O)c1ccc(-c2csc(-c3ccncc3)n2)cc1)C(=O)N(C)C#N. The Morgan fingerprint density at radius 1 is 1.13 bits per heavy atom. The number of amides is 2. The summed E-state index contributed by atoms with van der Waals surface area (Å²) in [7, 11) is 1.39. The van der Waals surface area contributed by atoms with Gasteiger partial charge in [0, 0.05) is 41.5 Å². The molecule has 2 aromatic heterocycles. The Morgan fingerprint density at radius 3 is 2.42 bits per heavy atom. The first kappa shape index (κ1) is 22.1. The minimum atomic E-state index is -0.752. The maximum Gasteiger partial charge on any atom is 0.257 e. The van der Waals surface area contributed by atoms with E-state index >= 15 is 0 Å². The van der Waals surface area contributed by atoms with Crippen LogP contribution in [-0.4, -0.2) is 39.8 Å². The number of nitrogens with one attached hydrogen (secondary N) is 1. The van der Waals surface area contributed by atoms with E-state index in [0.717, 1.165) is 26.7 Å². The van der Waals surface area contributed by atoms with E-state index in [1.165, 1.54) is 7.05 Å². The zero-order valence-corrected chi connectivity index (χ0v) is 18.4. The molecule has 3 rings (SSSR count).